The number of hydrogen-bond acceptors (Lipinski definition) is 1. The number of hydrogen-bond donors (Lipinski definition) is 0. The van der Waals surface area contributed by atoms with Gasteiger partial charge in [0.15, 0.2) is 5.60 Å². The highest BCUT2D eigenvalue weighted by Gasteiger charge is 2.24. The first-order valence-electron chi connectivity index (χ1n) is 6.63. The molecule has 1 nitrogen and oxygen atoms in total. The maximum absolute atomic E-state index is 5.89. The summed E-state index contributed by atoms with van der Waals surface area (Å²) in [4.78, 5) is 0. The summed E-state index contributed by atoms with van der Waals surface area (Å²) in [5.74, 6) is 6.43. The fourth-order valence-electron chi connectivity index (χ4n) is 1.89. The zero-order chi connectivity index (χ0) is 14.3. The standard InChI is InChI=1S/C19H18O/c1-3-16-20-19(2,18-12-8-5-9-13-18)15-14-17-10-6-4-7-11-17/h3-13H,1,16H2,2H3. The Balaban J connectivity index is 2.33. The van der Waals surface area contributed by atoms with E-state index in [2.05, 4.69) is 18.4 Å². The molecule has 0 fully saturated rings. The second-order valence-electron chi connectivity index (χ2n) is 4.61. The van der Waals surface area contributed by atoms with Crippen LogP contribution in [0.2, 0.25) is 0 Å². The highest BCUT2D eigenvalue weighted by molar-refractivity contribution is 5.39. The van der Waals surface area contributed by atoms with Crippen LogP contribution in [-0.4, -0.2) is 6.61 Å². The van der Waals surface area contributed by atoms with Crippen LogP contribution in [0, 0.1) is 11.8 Å². The summed E-state index contributed by atoms with van der Waals surface area (Å²) in [5.41, 5.74) is 1.40. The van der Waals surface area contributed by atoms with Crippen molar-refractivity contribution in [2.24, 2.45) is 0 Å². The van der Waals surface area contributed by atoms with Crippen LogP contribution in [0.4, 0.5) is 0 Å². The average molecular weight is 262 g/mol. The van der Waals surface area contributed by atoms with Gasteiger partial charge in [0.2, 0.25) is 0 Å². The normalized spacial score (nSPS) is 12.8. The Morgan fingerprint density at radius 2 is 1.65 bits per heavy atom. The van der Waals surface area contributed by atoms with Crippen molar-refractivity contribution >= 4 is 0 Å². The number of benzene rings is 2. The lowest BCUT2D eigenvalue weighted by molar-refractivity contribution is 0.0289. The van der Waals surface area contributed by atoms with E-state index in [0.717, 1.165) is 11.1 Å². The van der Waals surface area contributed by atoms with Gasteiger partial charge in [-0.25, -0.2) is 0 Å². The van der Waals surface area contributed by atoms with Crippen LogP contribution in [0.15, 0.2) is 73.3 Å². The van der Waals surface area contributed by atoms with E-state index >= 15 is 0 Å². The smallest absolute Gasteiger partial charge is 0.152 e. The number of rotatable bonds is 4. The lowest BCUT2D eigenvalue weighted by atomic mass is 9.96. The molecule has 0 spiro atoms. The lowest BCUT2D eigenvalue weighted by Gasteiger charge is -2.24. The van der Waals surface area contributed by atoms with Crippen molar-refractivity contribution in [1.29, 1.82) is 0 Å². The molecule has 2 aromatic carbocycles. The summed E-state index contributed by atoms with van der Waals surface area (Å²) in [6, 6.07) is 20.0. The summed E-state index contributed by atoms with van der Waals surface area (Å²) in [6.07, 6.45) is 1.74. The molecule has 0 aliphatic carbocycles. The van der Waals surface area contributed by atoms with Crippen LogP contribution in [0.5, 0.6) is 0 Å². The molecule has 0 aliphatic heterocycles. The fourth-order valence-corrected chi connectivity index (χ4v) is 1.89. The summed E-state index contributed by atoms with van der Waals surface area (Å²) >= 11 is 0. The molecule has 0 heterocycles. The molecule has 0 amide bonds. The molecule has 1 atom stereocenters. The van der Waals surface area contributed by atoms with Gasteiger partial charge in [-0.2, -0.15) is 0 Å². The van der Waals surface area contributed by atoms with Crippen molar-refractivity contribution in [2.75, 3.05) is 6.61 Å². The van der Waals surface area contributed by atoms with Crippen LogP contribution in [-0.2, 0) is 10.3 Å². The van der Waals surface area contributed by atoms with E-state index in [-0.39, 0.29) is 0 Å². The minimum atomic E-state index is -0.634. The van der Waals surface area contributed by atoms with Gasteiger partial charge in [-0.05, 0) is 24.6 Å². The first-order valence-corrected chi connectivity index (χ1v) is 6.63. The van der Waals surface area contributed by atoms with E-state index < -0.39 is 5.60 Å². The lowest BCUT2D eigenvalue weighted by Crippen LogP contribution is -2.24. The molecule has 0 saturated heterocycles. The van der Waals surface area contributed by atoms with Crippen LogP contribution in [0.1, 0.15) is 18.1 Å². The predicted molar refractivity (Wildman–Crippen MR) is 83.3 cm³/mol. The second kappa shape index (κ2) is 6.75. The van der Waals surface area contributed by atoms with Gasteiger partial charge in [0.1, 0.15) is 0 Å². The van der Waals surface area contributed by atoms with Crippen molar-refractivity contribution in [1.82, 2.24) is 0 Å². The van der Waals surface area contributed by atoms with Gasteiger partial charge in [-0.1, -0.05) is 66.4 Å². The Hall–Kier alpha value is -2.30. The zero-order valence-electron chi connectivity index (χ0n) is 11.7. The van der Waals surface area contributed by atoms with E-state index in [1.54, 1.807) is 6.08 Å². The maximum Gasteiger partial charge on any atom is 0.152 e. The highest BCUT2D eigenvalue weighted by Crippen LogP contribution is 2.24. The van der Waals surface area contributed by atoms with Crippen molar-refractivity contribution in [3.8, 4) is 11.8 Å². The molecule has 1 heteroatoms. The predicted octanol–water partition coefficient (Wildman–Crippen LogP) is 4.16. The van der Waals surface area contributed by atoms with Crippen LogP contribution in [0.25, 0.3) is 0 Å². The summed E-state index contributed by atoms with van der Waals surface area (Å²) in [7, 11) is 0. The highest BCUT2D eigenvalue weighted by atomic mass is 16.5. The van der Waals surface area contributed by atoms with Crippen molar-refractivity contribution in [3.05, 3.63) is 84.4 Å². The molecule has 20 heavy (non-hydrogen) atoms. The minimum absolute atomic E-state index is 0.467. The Labute approximate surface area is 120 Å². The minimum Gasteiger partial charge on any atom is -0.354 e. The van der Waals surface area contributed by atoms with Gasteiger partial charge in [-0.3, -0.25) is 0 Å². The fraction of sp³-hybridized carbons (Fsp3) is 0.158. The molecule has 0 saturated carbocycles. The molecule has 0 radical (unpaired) electrons. The van der Waals surface area contributed by atoms with Gasteiger partial charge >= 0.3 is 0 Å². The van der Waals surface area contributed by atoms with Crippen molar-refractivity contribution in [3.63, 3.8) is 0 Å². The third kappa shape index (κ3) is 3.60. The maximum atomic E-state index is 5.89. The summed E-state index contributed by atoms with van der Waals surface area (Å²) in [6.45, 7) is 6.16. The van der Waals surface area contributed by atoms with Gasteiger partial charge < -0.3 is 4.74 Å². The van der Waals surface area contributed by atoms with Gasteiger partial charge in [0.05, 0.1) is 6.61 Å². The summed E-state index contributed by atoms with van der Waals surface area (Å²) < 4.78 is 5.89. The van der Waals surface area contributed by atoms with Crippen LogP contribution < -0.4 is 0 Å². The second-order valence-corrected chi connectivity index (χ2v) is 4.61. The molecule has 2 aromatic rings. The van der Waals surface area contributed by atoms with Crippen LogP contribution >= 0.6 is 0 Å². The molecule has 0 aromatic heterocycles. The largest absolute Gasteiger partial charge is 0.354 e. The molecule has 1 unspecified atom stereocenters. The quantitative estimate of drug-likeness (QED) is 0.594. The molecular weight excluding hydrogens is 244 g/mol. The zero-order valence-corrected chi connectivity index (χ0v) is 11.7. The van der Waals surface area contributed by atoms with E-state index in [9.17, 15) is 0 Å². The van der Waals surface area contributed by atoms with E-state index in [0.29, 0.717) is 6.61 Å². The molecule has 0 N–H and O–H groups in total. The monoisotopic (exact) mass is 262 g/mol. The Kier molecular flexibility index (Phi) is 4.76. The van der Waals surface area contributed by atoms with Gasteiger partial charge in [0.25, 0.3) is 0 Å². The Morgan fingerprint density at radius 1 is 1.05 bits per heavy atom. The molecule has 0 aliphatic rings. The van der Waals surface area contributed by atoms with E-state index in [1.807, 2.05) is 67.6 Å². The molecule has 100 valence electrons. The SMILES string of the molecule is C=CCOC(C)(C#Cc1ccccc1)c1ccccc1. The first kappa shape index (κ1) is 14.1. The van der Waals surface area contributed by atoms with Crippen molar-refractivity contribution < 1.29 is 4.74 Å². The van der Waals surface area contributed by atoms with E-state index in [1.165, 1.54) is 0 Å². The Morgan fingerprint density at radius 3 is 2.25 bits per heavy atom. The molecular formula is C19H18O. The van der Waals surface area contributed by atoms with Gasteiger partial charge in [-0.15, -0.1) is 6.58 Å². The first-order chi connectivity index (χ1) is 9.74. The molecule has 0 bridgehead atoms. The Bertz CT molecular complexity index is 604. The third-order valence-electron chi connectivity index (χ3n) is 3.03. The average Bonchev–Trinajstić information content (AvgIpc) is 2.53. The summed E-state index contributed by atoms with van der Waals surface area (Å²) in [5, 5.41) is 0. The van der Waals surface area contributed by atoms with Gasteiger partial charge in [0, 0.05) is 5.56 Å². The van der Waals surface area contributed by atoms with Crippen molar-refractivity contribution in [2.45, 2.75) is 12.5 Å². The topological polar surface area (TPSA) is 9.23 Å². The third-order valence-corrected chi connectivity index (χ3v) is 3.03. The van der Waals surface area contributed by atoms with Crippen LogP contribution in [0.3, 0.4) is 0 Å². The molecule has 2 rings (SSSR count). The number of ether oxygens (including phenoxy) is 1. The van der Waals surface area contributed by atoms with E-state index in [4.69, 9.17) is 4.74 Å².